The fourth-order valence-electron chi connectivity index (χ4n) is 2.37. The first-order valence-electron chi connectivity index (χ1n) is 6.71. The van der Waals surface area contributed by atoms with Crippen molar-refractivity contribution in [1.29, 1.82) is 0 Å². The number of amides is 1. The molecule has 0 aliphatic heterocycles. The van der Waals surface area contributed by atoms with Crippen LogP contribution in [0.2, 0.25) is 0 Å². The second-order valence-corrected chi connectivity index (χ2v) is 5.19. The Hall–Kier alpha value is -1.35. The van der Waals surface area contributed by atoms with Gasteiger partial charge in [0.05, 0.1) is 12.0 Å². The van der Waals surface area contributed by atoms with Crippen LogP contribution in [0.1, 0.15) is 38.2 Å². The summed E-state index contributed by atoms with van der Waals surface area (Å²) >= 11 is 0. The van der Waals surface area contributed by atoms with Gasteiger partial charge in [0.15, 0.2) is 0 Å². The van der Waals surface area contributed by atoms with Gasteiger partial charge in [-0.05, 0) is 37.0 Å². The molecule has 0 saturated heterocycles. The molecular formula is C15H21NO2. The van der Waals surface area contributed by atoms with Gasteiger partial charge in [0.2, 0.25) is 5.91 Å². The topological polar surface area (TPSA) is 49.3 Å². The van der Waals surface area contributed by atoms with Crippen LogP contribution in [-0.4, -0.2) is 17.6 Å². The summed E-state index contributed by atoms with van der Waals surface area (Å²) in [5, 5.41) is 12.2. The second kappa shape index (κ2) is 5.53. The van der Waals surface area contributed by atoms with E-state index in [0.29, 0.717) is 0 Å². The van der Waals surface area contributed by atoms with Gasteiger partial charge in [-0.25, -0.2) is 0 Å². The van der Waals surface area contributed by atoms with E-state index >= 15 is 0 Å². The van der Waals surface area contributed by atoms with Crippen LogP contribution in [0.4, 0.5) is 5.69 Å². The molecule has 1 aliphatic rings. The number of hydrogen-bond donors (Lipinski definition) is 2. The molecule has 0 radical (unpaired) electrons. The highest BCUT2D eigenvalue weighted by atomic mass is 16.3. The Balaban J connectivity index is 1.98. The third kappa shape index (κ3) is 2.56. The van der Waals surface area contributed by atoms with Crippen LogP contribution in [-0.2, 0) is 11.2 Å². The molecule has 1 fully saturated rings. The lowest BCUT2D eigenvalue weighted by molar-refractivity contribution is -0.133. The molecule has 0 aromatic heterocycles. The van der Waals surface area contributed by atoms with E-state index in [1.165, 1.54) is 5.56 Å². The van der Waals surface area contributed by atoms with Gasteiger partial charge < -0.3 is 10.4 Å². The van der Waals surface area contributed by atoms with Crippen LogP contribution in [0, 0.1) is 5.41 Å². The summed E-state index contributed by atoms with van der Waals surface area (Å²) in [6.07, 6.45) is 4.81. The van der Waals surface area contributed by atoms with Crippen LogP contribution in [0.5, 0.6) is 0 Å². The monoisotopic (exact) mass is 247 g/mol. The molecule has 1 aliphatic carbocycles. The van der Waals surface area contributed by atoms with Crippen molar-refractivity contribution in [2.75, 3.05) is 11.9 Å². The second-order valence-electron chi connectivity index (χ2n) is 5.19. The third-order valence-corrected chi connectivity index (χ3v) is 3.85. The van der Waals surface area contributed by atoms with E-state index < -0.39 is 5.41 Å². The first kappa shape index (κ1) is 13.1. The fraction of sp³-hybridized carbons (Fsp3) is 0.533. The average molecular weight is 247 g/mol. The molecule has 18 heavy (non-hydrogen) atoms. The van der Waals surface area contributed by atoms with Gasteiger partial charge in [-0.2, -0.15) is 0 Å². The molecule has 1 saturated carbocycles. The normalized spacial score (nSPS) is 17.0. The smallest absolute Gasteiger partial charge is 0.232 e. The Morgan fingerprint density at radius 3 is 2.44 bits per heavy atom. The van der Waals surface area contributed by atoms with Crippen LogP contribution in [0.25, 0.3) is 0 Å². The SMILES string of the molecule is CCCc1ccc(NC(=O)C2(CO)CCC2)cc1. The van der Waals surface area contributed by atoms with Crippen molar-refractivity contribution in [2.45, 2.75) is 39.0 Å². The van der Waals surface area contributed by atoms with E-state index in [2.05, 4.69) is 12.2 Å². The molecule has 0 unspecified atom stereocenters. The average Bonchev–Trinajstić information content (AvgIpc) is 2.31. The molecule has 0 atom stereocenters. The number of hydrogen-bond acceptors (Lipinski definition) is 2. The summed E-state index contributed by atoms with van der Waals surface area (Å²) in [7, 11) is 0. The Kier molecular flexibility index (Phi) is 4.02. The lowest BCUT2D eigenvalue weighted by Gasteiger charge is -2.38. The first-order valence-corrected chi connectivity index (χ1v) is 6.71. The summed E-state index contributed by atoms with van der Waals surface area (Å²) in [6, 6.07) is 7.97. The number of rotatable bonds is 5. The van der Waals surface area contributed by atoms with E-state index in [9.17, 15) is 9.90 Å². The number of carbonyl (C=O) groups excluding carboxylic acids is 1. The molecule has 0 spiro atoms. The van der Waals surface area contributed by atoms with Crippen LogP contribution in [0.15, 0.2) is 24.3 Å². The zero-order valence-corrected chi connectivity index (χ0v) is 10.9. The predicted octanol–water partition coefficient (Wildman–Crippen LogP) is 2.74. The minimum absolute atomic E-state index is 0.0421. The Morgan fingerprint density at radius 1 is 1.33 bits per heavy atom. The van der Waals surface area contributed by atoms with Gasteiger partial charge in [-0.15, -0.1) is 0 Å². The molecule has 1 aromatic carbocycles. The highest BCUT2D eigenvalue weighted by Crippen LogP contribution is 2.41. The van der Waals surface area contributed by atoms with Gasteiger partial charge >= 0.3 is 0 Å². The zero-order chi connectivity index (χ0) is 13.0. The highest BCUT2D eigenvalue weighted by Gasteiger charge is 2.43. The first-order chi connectivity index (χ1) is 8.70. The highest BCUT2D eigenvalue weighted by molar-refractivity contribution is 5.96. The lowest BCUT2D eigenvalue weighted by Crippen LogP contribution is -2.44. The summed E-state index contributed by atoms with van der Waals surface area (Å²) < 4.78 is 0. The van der Waals surface area contributed by atoms with Crippen molar-refractivity contribution in [1.82, 2.24) is 0 Å². The Labute approximate surface area is 108 Å². The van der Waals surface area contributed by atoms with Gasteiger partial charge in [-0.3, -0.25) is 4.79 Å². The molecule has 0 heterocycles. The molecule has 0 bridgehead atoms. The number of carbonyl (C=O) groups is 1. The zero-order valence-electron chi connectivity index (χ0n) is 10.9. The fourth-order valence-corrected chi connectivity index (χ4v) is 2.37. The quantitative estimate of drug-likeness (QED) is 0.840. The molecular weight excluding hydrogens is 226 g/mol. The summed E-state index contributed by atoms with van der Waals surface area (Å²) in [5.41, 5.74) is 1.58. The maximum atomic E-state index is 12.1. The van der Waals surface area contributed by atoms with Crippen LogP contribution >= 0.6 is 0 Å². The third-order valence-electron chi connectivity index (χ3n) is 3.85. The predicted molar refractivity (Wildman–Crippen MR) is 72.4 cm³/mol. The molecule has 2 N–H and O–H groups in total. The minimum Gasteiger partial charge on any atom is -0.395 e. The number of benzene rings is 1. The van der Waals surface area contributed by atoms with Crippen molar-refractivity contribution >= 4 is 11.6 Å². The standard InChI is InChI=1S/C15H21NO2/c1-2-4-12-5-7-13(8-6-12)16-14(18)15(11-17)9-3-10-15/h5-8,17H,2-4,9-11H2,1H3,(H,16,18). The van der Waals surface area contributed by atoms with E-state index in [-0.39, 0.29) is 12.5 Å². The molecule has 98 valence electrons. The summed E-state index contributed by atoms with van der Waals surface area (Å²) in [4.78, 5) is 12.1. The van der Waals surface area contributed by atoms with Gasteiger partial charge in [0.1, 0.15) is 0 Å². The van der Waals surface area contributed by atoms with Crippen molar-refractivity contribution in [3.05, 3.63) is 29.8 Å². The number of nitrogens with one attached hydrogen (secondary N) is 1. The van der Waals surface area contributed by atoms with Gasteiger partial charge in [0.25, 0.3) is 0 Å². The van der Waals surface area contributed by atoms with Crippen molar-refractivity contribution in [3.63, 3.8) is 0 Å². The van der Waals surface area contributed by atoms with Crippen LogP contribution < -0.4 is 5.32 Å². The maximum Gasteiger partial charge on any atom is 0.232 e. The number of aliphatic hydroxyl groups is 1. The van der Waals surface area contributed by atoms with Crippen molar-refractivity contribution < 1.29 is 9.90 Å². The van der Waals surface area contributed by atoms with E-state index in [1.807, 2.05) is 24.3 Å². The largest absolute Gasteiger partial charge is 0.395 e. The Bertz CT molecular complexity index is 401. The van der Waals surface area contributed by atoms with Crippen molar-refractivity contribution in [3.8, 4) is 0 Å². The maximum absolute atomic E-state index is 12.1. The molecule has 1 amide bonds. The molecule has 1 aromatic rings. The molecule has 2 rings (SSSR count). The Morgan fingerprint density at radius 2 is 2.00 bits per heavy atom. The lowest BCUT2D eigenvalue weighted by atomic mass is 9.68. The van der Waals surface area contributed by atoms with Gasteiger partial charge in [0, 0.05) is 5.69 Å². The van der Waals surface area contributed by atoms with Gasteiger partial charge in [-0.1, -0.05) is 31.9 Å². The summed E-state index contributed by atoms with van der Waals surface area (Å²) in [6.45, 7) is 2.10. The van der Waals surface area contributed by atoms with E-state index in [1.54, 1.807) is 0 Å². The van der Waals surface area contributed by atoms with Crippen molar-refractivity contribution in [2.24, 2.45) is 5.41 Å². The molecule has 3 heteroatoms. The molecule has 3 nitrogen and oxygen atoms in total. The number of aryl methyl sites for hydroxylation is 1. The minimum atomic E-state index is -0.526. The van der Waals surface area contributed by atoms with Crippen LogP contribution in [0.3, 0.4) is 0 Å². The summed E-state index contributed by atoms with van der Waals surface area (Å²) in [5.74, 6) is -0.0421. The number of aliphatic hydroxyl groups excluding tert-OH is 1. The van der Waals surface area contributed by atoms with E-state index in [0.717, 1.165) is 37.8 Å². The van der Waals surface area contributed by atoms with E-state index in [4.69, 9.17) is 0 Å². The number of anilines is 1.